The van der Waals surface area contributed by atoms with Gasteiger partial charge in [-0.3, -0.25) is 0 Å². The van der Waals surface area contributed by atoms with Gasteiger partial charge in [-0.15, -0.1) is 0 Å². The maximum absolute atomic E-state index is 10.7. The van der Waals surface area contributed by atoms with Gasteiger partial charge in [0.15, 0.2) is 0 Å². The van der Waals surface area contributed by atoms with E-state index in [1.165, 1.54) is 4.90 Å². The summed E-state index contributed by atoms with van der Waals surface area (Å²) in [6.45, 7) is 9.08. The molecule has 0 aromatic carbocycles. The molecule has 0 aromatic heterocycles. The van der Waals surface area contributed by atoms with Crippen molar-refractivity contribution in [2.75, 3.05) is 32.7 Å². The molecule has 4 heteroatoms. The third-order valence-corrected chi connectivity index (χ3v) is 3.30. The molecule has 4 nitrogen and oxygen atoms in total. The van der Waals surface area contributed by atoms with Crippen LogP contribution >= 0.6 is 0 Å². The van der Waals surface area contributed by atoms with Crippen molar-refractivity contribution in [2.45, 2.75) is 26.7 Å². The number of hydrogen-bond donors (Lipinski definition) is 1. The Kier molecular flexibility index (Phi) is 4.88. The van der Waals surface area contributed by atoms with Crippen LogP contribution in [0.2, 0.25) is 0 Å². The quantitative estimate of drug-likeness (QED) is 0.775. The second kappa shape index (κ2) is 5.95. The van der Waals surface area contributed by atoms with Gasteiger partial charge >= 0.3 is 6.09 Å². The molecule has 1 aliphatic heterocycles. The topological polar surface area (TPSA) is 43.8 Å². The molecule has 0 atom stereocenters. The molecule has 0 saturated carbocycles. The number of hydrogen-bond acceptors (Lipinski definition) is 2. The first-order valence-corrected chi connectivity index (χ1v) is 5.87. The van der Waals surface area contributed by atoms with Gasteiger partial charge in [-0.1, -0.05) is 13.8 Å². The third kappa shape index (κ3) is 3.70. The standard InChI is InChI=1S/C11H22N2O2/c1-3-12(4-2)9-10-5-7-13(8-6-10)11(14)15/h10H,3-9H2,1-2H3,(H,14,15). The van der Waals surface area contributed by atoms with Crippen molar-refractivity contribution in [1.82, 2.24) is 9.80 Å². The fraction of sp³-hybridized carbons (Fsp3) is 0.909. The number of piperidine rings is 1. The van der Waals surface area contributed by atoms with Crippen LogP contribution in [-0.4, -0.2) is 53.7 Å². The van der Waals surface area contributed by atoms with Gasteiger partial charge in [0.2, 0.25) is 0 Å². The fourth-order valence-corrected chi connectivity index (χ4v) is 2.15. The van der Waals surface area contributed by atoms with Crippen molar-refractivity contribution in [2.24, 2.45) is 5.92 Å². The van der Waals surface area contributed by atoms with Gasteiger partial charge in [0, 0.05) is 19.6 Å². The molecule has 88 valence electrons. The van der Waals surface area contributed by atoms with E-state index in [0.717, 1.165) is 32.5 Å². The fourth-order valence-electron chi connectivity index (χ4n) is 2.15. The minimum absolute atomic E-state index is 0.681. The Morgan fingerprint density at radius 3 is 2.27 bits per heavy atom. The van der Waals surface area contributed by atoms with Gasteiger partial charge < -0.3 is 14.9 Å². The second-order valence-corrected chi connectivity index (χ2v) is 4.20. The number of likely N-dealkylation sites (tertiary alicyclic amines) is 1. The summed E-state index contributed by atoms with van der Waals surface area (Å²) in [6.07, 6.45) is 1.27. The zero-order chi connectivity index (χ0) is 11.3. The lowest BCUT2D eigenvalue weighted by atomic mass is 9.96. The normalized spacial score (nSPS) is 18.5. The predicted molar refractivity (Wildman–Crippen MR) is 60.1 cm³/mol. The van der Waals surface area contributed by atoms with E-state index >= 15 is 0 Å². The summed E-state index contributed by atoms with van der Waals surface area (Å²) >= 11 is 0. The van der Waals surface area contributed by atoms with Gasteiger partial charge in [0.1, 0.15) is 0 Å². The van der Waals surface area contributed by atoms with Crippen molar-refractivity contribution in [1.29, 1.82) is 0 Å². The molecule has 1 fully saturated rings. The molecule has 0 unspecified atom stereocenters. The van der Waals surface area contributed by atoms with Crippen molar-refractivity contribution < 1.29 is 9.90 Å². The van der Waals surface area contributed by atoms with E-state index in [1.54, 1.807) is 0 Å². The molecule has 1 amide bonds. The van der Waals surface area contributed by atoms with Crippen LogP contribution in [0.3, 0.4) is 0 Å². The lowest BCUT2D eigenvalue weighted by Gasteiger charge is -2.32. The van der Waals surface area contributed by atoms with E-state index in [2.05, 4.69) is 18.7 Å². The number of amides is 1. The van der Waals surface area contributed by atoms with Gasteiger partial charge in [-0.05, 0) is 31.8 Å². The lowest BCUT2D eigenvalue weighted by molar-refractivity contribution is 0.115. The molecule has 0 radical (unpaired) electrons. The van der Waals surface area contributed by atoms with Gasteiger partial charge in [0.05, 0.1) is 0 Å². The second-order valence-electron chi connectivity index (χ2n) is 4.20. The molecule has 15 heavy (non-hydrogen) atoms. The van der Waals surface area contributed by atoms with Crippen LogP contribution in [-0.2, 0) is 0 Å². The van der Waals surface area contributed by atoms with Gasteiger partial charge in [-0.25, -0.2) is 4.79 Å². The molecule has 1 rings (SSSR count). The minimum atomic E-state index is -0.767. The highest BCUT2D eigenvalue weighted by molar-refractivity contribution is 5.64. The highest BCUT2D eigenvalue weighted by atomic mass is 16.4. The average Bonchev–Trinajstić information content (AvgIpc) is 2.26. The SMILES string of the molecule is CCN(CC)CC1CCN(C(=O)O)CC1. The first kappa shape index (κ1) is 12.3. The van der Waals surface area contributed by atoms with E-state index in [9.17, 15) is 4.79 Å². The number of nitrogens with zero attached hydrogens (tertiary/aromatic N) is 2. The summed E-state index contributed by atoms with van der Waals surface area (Å²) in [6, 6.07) is 0. The molecule has 1 aliphatic rings. The van der Waals surface area contributed by atoms with Crippen LogP contribution < -0.4 is 0 Å². The number of carbonyl (C=O) groups is 1. The Hall–Kier alpha value is -0.770. The van der Waals surface area contributed by atoms with Crippen molar-refractivity contribution >= 4 is 6.09 Å². The molecule has 0 aliphatic carbocycles. The van der Waals surface area contributed by atoms with Crippen LogP contribution in [0.5, 0.6) is 0 Å². The van der Waals surface area contributed by atoms with E-state index in [1.807, 2.05) is 0 Å². The first-order chi connectivity index (χ1) is 7.17. The van der Waals surface area contributed by atoms with E-state index in [0.29, 0.717) is 19.0 Å². The third-order valence-electron chi connectivity index (χ3n) is 3.30. The summed E-state index contributed by atoms with van der Waals surface area (Å²) in [5.41, 5.74) is 0. The summed E-state index contributed by atoms with van der Waals surface area (Å²) < 4.78 is 0. The van der Waals surface area contributed by atoms with Crippen molar-refractivity contribution in [3.8, 4) is 0 Å². The monoisotopic (exact) mass is 214 g/mol. The van der Waals surface area contributed by atoms with Crippen molar-refractivity contribution in [3.63, 3.8) is 0 Å². The molecular weight excluding hydrogens is 192 g/mol. The number of carboxylic acid groups (broad SMARTS) is 1. The average molecular weight is 214 g/mol. The van der Waals surface area contributed by atoms with Crippen LogP contribution in [0, 0.1) is 5.92 Å². The number of rotatable bonds is 4. The first-order valence-electron chi connectivity index (χ1n) is 5.87. The van der Waals surface area contributed by atoms with E-state index in [-0.39, 0.29) is 0 Å². The summed E-state index contributed by atoms with van der Waals surface area (Å²) in [4.78, 5) is 14.7. The van der Waals surface area contributed by atoms with Gasteiger partial charge in [0.25, 0.3) is 0 Å². The molecule has 1 heterocycles. The Morgan fingerprint density at radius 1 is 1.33 bits per heavy atom. The largest absolute Gasteiger partial charge is 0.465 e. The summed E-state index contributed by atoms with van der Waals surface area (Å²) in [7, 11) is 0. The van der Waals surface area contributed by atoms with Crippen LogP contribution in [0.4, 0.5) is 4.79 Å². The lowest BCUT2D eigenvalue weighted by Crippen LogP contribution is -2.40. The Bertz CT molecular complexity index is 197. The van der Waals surface area contributed by atoms with E-state index < -0.39 is 6.09 Å². The molecule has 0 spiro atoms. The minimum Gasteiger partial charge on any atom is -0.465 e. The predicted octanol–water partition coefficient (Wildman–Crippen LogP) is 1.72. The molecular formula is C11H22N2O2. The zero-order valence-corrected chi connectivity index (χ0v) is 9.78. The highest BCUT2D eigenvalue weighted by Crippen LogP contribution is 2.18. The summed E-state index contributed by atoms with van der Waals surface area (Å²) in [5, 5.41) is 8.81. The maximum Gasteiger partial charge on any atom is 0.407 e. The Morgan fingerprint density at radius 2 is 1.87 bits per heavy atom. The molecule has 1 N–H and O–H groups in total. The van der Waals surface area contributed by atoms with E-state index in [4.69, 9.17) is 5.11 Å². The Balaban J connectivity index is 2.28. The van der Waals surface area contributed by atoms with Gasteiger partial charge in [-0.2, -0.15) is 0 Å². The maximum atomic E-state index is 10.7. The molecule has 0 aromatic rings. The zero-order valence-electron chi connectivity index (χ0n) is 9.78. The smallest absolute Gasteiger partial charge is 0.407 e. The summed E-state index contributed by atoms with van der Waals surface area (Å²) in [5.74, 6) is 0.681. The Labute approximate surface area is 91.9 Å². The van der Waals surface area contributed by atoms with Crippen LogP contribution in [0.1, 0.15) is 26.7 Å². The molecule has 0 bridgehead atoms. The van der Waals surface area contributed by atoms with Crippen molar-refractivity contribution in [3.05, 3.63) is 0 Å². The van der Waals surface area contributed by atoms with Crippen LogP contribution in [0.15, 0.2) is 0 Å². The van der Waals surface area contributed by atoms with Crippen LogP contribution in [0.25, 0.3) is 0 Å². The highest BCUT2D eigenvalue weighted by Gasteiger charge is 2.22. The molecule has 1 saturated heterocycles.